The lowest BCUT2D eigenvalue weighted by Gasteiger charge is -2.23. The molecule has 0 bridgehead atoms. The number of nitrogens with two attached hydrogens (primary N) is 1. The third kappa shape index (κ3) is 4.35. The lowest BCUT2D eigenvalue weighted by molar-refractivity contribution is 0.530. The third-order valence-corrected chi connectivity index (χ3v) is 2.81. The standard InChI is InChI=1S/C14H22FN3/c1-4-8-17-13(16)18-10-14(2,3)11-6-5-7-12(15)9-11/h5-7,9H,4,8,10H2,1-3H3,(H3,16,17,18). The zero-order valence-electron chi connectivity index (χ0n) is 11.3. The van der Waals surface area contributed by atoms with Crippen molar-refractivity contribution in [2.75, 3.05) is 13.1 Å². The van der Waals surface area contributed by atoms with Crippen LogP contribution in [0.15, 0.2) is 29.3 Å². The molecule has 0 aliphatic rings. The smallest absolute Gasteiger partial charge is 0.188 e. The highest BCUT2D eigenvalue weighted by atomic mass is 19.1. The van der Waals surface area contributed by atoms with E-state index in [9.17, 15) is 4.39 Å². The first-order valence-corrected chi connectivity index (χ1v) is 6.25. The molecule has 0 aliphatic carbocycles. The highest BCUT2D eigenvalue weighted by Crippen LogP contribution is 2.23. The Bertz CT molecular complexity index is 413. The highest BCUT2D eigenvalue weighted by Gasteiger charge is 2.20. The molecule has 0 fully saturated rings. The normalized spacial score (nSPS) is 12.6. The van der Waals surface area contributed by atoms with Crippen LogP contribution in [0.25, 0.3) is 0 Å². The van der Waals surface area contributed by atoms with E-state index in [4.69, 9.17) is 5.73 Å². The predicted octanol–water partition coefficient (Wildman–Crippen LogP) is 2.42. The van der Waals surface area contributed by atoms with Crippen molar-refractivity contribution in [2.24, 2.45) is 10.7 Å². The SMILES string of the molecule is CCCNC(N)=NCC(C)(C)c1cccc(F)c1. The van der Waals surface area contributed by atoms with Gasteiger partial charge in [0.2, 0.25) is 0 Å². The molecule has 1 rings (SSSR count). The molecule has 0 heterocycles. The van der Waals surface area contributed by atoms with E-state index in [0.29, 0.717) is 12.5 Å². The van der Waals surface area contributed by atoms with E-state index in [0.717, 1.165) is 18.5 Å². The Morgan fingerprint density at radius 3 is 2.78 bits per heavy atom. The maximum Gasteiger partial charge on any atom is 0.188 e. The number of nitrogens with one attached hydrogen (secondary N) is 1. The van der Waals surface area contributed by atoms with E-state index < -0.39 is 0 Å². The van der Waals surface area contributed by atoms with Gasteiger partial charge in [0, 0.05) is 12.0 Å². The largest absolute Gasteiger partial charge is 0.370 e. The van der Waals surface area contributed by atoms with E-state index >= 15 is 0 Å². The number of rotatable bonds is 5. The zero-order chi connectivity index (χ0) is 13.6. The van der Waals surface area contributed by atoms with Crippen LogP contribution in [0, 0.1) is 5.82 Å². The van der Waals surface area contributed by atoms with Crippen LogP contribution in [-0.4, -0.2) is 19.0 Å². The van der Waals surface area contributed by atoms with Crippen molar-refractivity contribution in [1.29, 1.82) is 0 Å². The molecule has 0 aromatic heterocycles. The summed E-state index contributed by atoms with van der Waals surface area (Å²) in [6.07, 6.45) is 1.00. The van der Waals surface area contributed by atoms with Crippen LogP contribution in [0.2, 0.25) is 0 Å². The van der Waals surface area contributed by atoms with Crippen LogP contribution in [0.4, 0.5) is 4.39 Å². The number of aliphatic imine (C=N–C) groups is 1. The molecule has 1 aromatic rings. The van der Waals surface area contributed by atoms with Gasteiger partial charge in [0.25, 0.3) is 0 Å². The van der Waals surface area contributed by atoms with Gasteiger partial charge in [-0.05, 0) is 24.1 Å². The van der Waals surface area contributed by atoms with E-state index in [-0.39, 0.29) is 11.2 Å². The van der Waals surface area contributed by atoms with Gasteiger partial charge in [0.1, 0.15) is 5.82 Å². The minimum Gasteiger partial charge on any atom is -0.370 e. The average Bonchev–Trinajstić information content (AvgIpc) is 2.34. The Hall–Kier alpha value is -1.58. The van der Waals surface area contributed by atoms with Crippen molar-refractivity contribution in [2.45, 2.75) is 32.6 Å². The summed E-state index contributed by atoms with van der Waals surface area (Å²) in [6, 6.07) is 6.62. The van der Waals surface area contributed by atoms with Gasteiger partial charge < -0.3 is 11.1 Å². The Morgan fingerprint density at radius 1 is 1.44 bits per heavy atom. The minimum absolute atomic E-state index is 0.221. The van der Waals surface area contributed by atoms with Crippen molar-refractivity contribution >= 4 is 5.96 Å². The maximum absolute atomic E-state index is 13.2. The molecule has 0 radical (unpaired) electrons. The monoisotopic (exact) mass is 251 g/mol. The summed E-state index contributed by atoms with van der Waals surface area (Å²) in [7, 11) is 0. The van der Waals surface area contributed by atoms with Gasteiger partial charge in [0.15, 0.2) is 5.96 Å². The molecule has 0 spiro atoms. The van der Waals surface area contributed by atoms with E-state index in [2.05, 4.69) is 17.2 Å². The number of benzene rings is 1. The van der Waals surface area contributed by atoms with Gasteiger partial charge in [-0.25, -0.2) is 4.39 Å². The first kappa shape index (κ1) is 14.5. The summed E-state index contributed by atoms with van der Waals surface area (Å²) < 4.78 is 13.2. The molecule has 0 atom stereocenters. The minimum atomic E-state index is -0.236. The number of hydrogen-bond acceptors (Lipinski definition) is 1. The Labute approximate surface area is 108 Å². The number of nitrogens with zero attached hydrogens (tertiary/aromatic N) is 1. The molecule has 4 heteroatoms. The van der Waals surface area contributed by atoms with Crippen LogP contribution < -0.4 is 11.1 Å². The van der Waals surface area contributed by atoms with Crippen LogP contribution in [0.5, 0.6) is 0 Å². The van der Waals surface area contributed by atoms with Crippen LogP contribution in [0.3, 0.4) is 0 Å². The first-order valence-electron chi connectivity index (χ1n) is 6.25. The van der Waals surface area contributed by atoms with Gasteiger partial charge in [0.05, 0.1) is 6.54 Å². The predicted molar refractivity (Wildman–Crippen MR) is 74.2 cm³/mol. The van der Waals surface area contributed by atoms with Crippen molar-refractivity contribution < 1.29 is 4.39 Å². The molecule has 0 saturated heterocycles. The second kappa shape index (κ2) is 6.38. The van der Waals surface area contributed by atoms with Crippen molar-refractivity contribution in [3.63, 3.8) is 0 Å². The molecule has 3 nitrogen and oxygen atoms in total. The summed E-state index contributed by atoms with van der Waals surface area (Å²) in [6.45, 7) is 7.46. The second-order valence-electron chi connectivity index (χ2n) is 5.02. The molecule has 100 valence electrons. The Balaban J connectivity index is 2.70. The second-order valence-corrected chi connectivity index (χ2v) is 5.02. The Kier molecular flexibility index (Phi) is 5.13. The van der Waals surface area contributed by atoms with Crippen LogP contribution >= 0.6 is 0 Å². The summed E-state index contributed by atoms with van der Waals surface area (Å²) in [5, 5.41) is 3.02. The van der Waals surface area contributed by atoms with Crippen molar-refractivity contribution in [3.05, 3.63) is 35.6 Å². The molecule has 0 unspecified atom stereocenters. The maximum atomic E-state index is 13.2. The molecular weight excluding hydrogens is 229 g/mol. The summed E-state index contributed by atoms with van der Waals surface area (Å²) in [5.41, 5.74) is 6.43. The zero-order valence-corrected chi connectivity index (χ0v) is 11.3. The quantitative estimate of drug-likeness (QED) is 0.623. The van der Waals surface area contributed by atoms with Crippen molar-refractivity contribution in [3.8, 4) is 0 Å². The van der Waals surface area contributed by atoms with Crippen LogP contribution in [-0.2, 0) is 5.41 Å². The summed E-state index contributed by atoms with van der Waals surface area (Å²) in [5.74, 6) is 0.225. The fourth-order valence-corrected chi connectivity index (χ4v) is 1.59. The lowest BCUT2D eigenvalue weighted by atomic mass is 9.85. The molecule has 1 aromatic carbocycles. The van der Waals surface area contributed by atoms with Crippen molar-refractivity contribution in [1.82, 2.24) is 5.32 Å². The molecule has 18 heavy (non-hydrogen) atoms. The molecule has 0 aliphatic heterocycles. The summed E-state index contributed by atoms with van der Waals surface area (Å²) >= 11 is 0. The third-order valence-electron chi connectivity index (χ3n) is 2.81. The Morgan fingerprint density at radius 2 is 2.17 bits per heavy atom. The molecule has 0 amide bonds. The van der Waals surface area contributed by atoms with Gasteiger partial charge in [-0.2, -0.15) is 0 Å². The number of halogens is 1. The topological polar surface area (TPSA) is 50.4 Å². The lowest BCUT2D eigenvalue weighted by Crippen LogP contribution is -2.34. The summed E-state index contributed by atoms with van der Waals surface area (Å²) in [4.78, 5) is 4.30. The van der Waals surface area contributed by atoms with E-state index in [1.807, 2.05) is 19.9 Å². The highest BCUT2D eigenvalue weighted by molar-refractivity contribution is 5.77. The first-order chi connectivity index (χ1) is 8.45. The molecule has 0 saturated carbocycles. The molecule has 3 N–H and O–H groups in total. The average molecular weight is 251 g/mol. The fraction of sp³-hybridized carbons (Fsp3) is 0.500. The van der Waals surface area contributed by atoms with E-state index in [1.165, 1.54) is 6.07 Å². The fourth-order valence-electron chi connectivity index (χ4n) is 1.59. The van der Waals surface area contributed by atoms with Gasteiger partial charge in [-0.3, -0.25) is 4.99 Å². The van der Waals surface area contributed by atoms with Crippen LogP contribution in [0.1, 0.15) is 32.8 Å². The molecular formula is C14H22FN3. The number of hydrogen-bond donors (Lipinski definition) is 2. The van der Waals surface area contributed by atoms with Gasteiger partial charge >= 0.3 is 0 Å². The van der Waals surface area contributed by atoms with Gasteiger partial charge in [-0.15, -0.1) is 0 Å². The van der Waals surface area contributed by atoms with Gasteiger partial charge in [-0.1, -0.05) is 32.9 Å². The van der Waals surface area contributed by atoms with E-state index in [1.54, 1.807) is 12.1 Å². The number of guanidine groups is 1.